The van der Waals surface area contributed by atoms with Crippen molar-refractivity contribution in [3.63, 3.8) is 0 Å². The van der Waals surface area contributed by atoms with Gasteiger partial charge in [0.1, 0.15) is 0 Å². The van der Waals surface area contributed by atoms with Crippen molar-refractivity contribution in [1.29, 1.82) is 0 Å². The molecule has 4 rings (SSSR count). The Kier molecular flexibility index (Phi) is 6.35. The smallest absolute Gasteiger partial charge is 0.316 e. The lowest BCUT2D eigenvalue weighted by atomic mass is 10.2. The lowest BCUT2D eigenvalue weighted by Gasteiger charge is -2.15. The highest BCUT2D eigenvalue weighted by molar-refractivity contribution is 7.89. The van der Waals surface area contributed by atoms with Gasteiger partial charge in [0.2, 0.25) is 10.0 Å². The normalized spacial score (nSPS) is 14.3. The number of sulfonamides is 1. The van der Waals surface area contributed by atoms with E-state index in [4.69, 9.17) is 0 Å². The Morgan fingerprint density at radius 2 is 1.53 bits per heavy atom. The van der Waals surface area contributed by atoms with Crippen LogP contribution in [0.5, 0.6) is 0 Å². The first-order valence-corrected chi connectivity index (χ1v) is 12.1. The van der Waals surface area contributed by atoms with Crippen molar-refractivity contribution in [2.24, 2.45) is 0 Å². The maximum absolute atomic E-state index is 12.6. The summed E-state index contributed by atoms with van der Waals surface area (Å²) in [5.74, 6) is -1.27. The predicted molar refractivity (Wildman–Crippen MR) is 124 cm³/mol. The van der Waals surface area contributed by atoms with Gasteiger partial charge in [0, 0.05) is 30.8 Å². The van der Waals surface area contributed by atoms with E-state index in [2.05, 4.69) is 15.8 Å². The third-order valence-corrected chi connectivity index (χ3v) is 7.58. The van der Waals surface area contributed by atoms with Gasteiger partial charge in [0.05, 0.1) is 15.9 Å². The largest absolute Gasteiger partial charge is 0.316 e. The number of hydrogen-bond acceptors (Lipinski definition) is 6. The second-order valence-electron chi connectivity index (χ2n) is 7.78. The highest BCUT2D eigenvalue weighted by Gasteiger charge is 2.27. The number of hydrazine groups is 1. The quantitative estimate of drug-likeness (QED) is 0.355. The number of rotatable bonds is 5. The molecule has 1 aliphatic rings. The van der Waals surface area contributed by atoms with Crippen LogP contribution in [0.2, 0.25) is 0 Å². The molecule has 3 aromatic rings. The third kappa shape index (κ3) is 4.37. The van der Waals surface area contributed by atoms with Gasteiger partial charge >= 0.3 is 11.1 Å². The number of amides is 2. The van der Waals surface area contributed by atoms with E-state index in [0.29, 0.717) is 30.7 Å². The lowest BCUT2D eigenvalue weighted by molar-refractivity contribution is 0.0846. The maximum atomic E-state index is 12.6. The van der Waals surface area contributed by atoms with Crippen LogP contribution in [0.15, 0.2) is 56.9 Å². The number of carbonyl (C=O) groups is 2. The summed E-state index contributed by atoms with van der Waals surface area (Å²) >= 11 is 0. The van der Waals surface area contributed by atoms with Gasteiger partial charge in [-0.1, -0.05) is 0 Å². The van der Waals surface area contributed by atoms with Crippen LogP contribution in [0.3, 0.4) is 0 Å². The molecule has 2 heterocycles. The van der Waals surface area contributed by atoms with Gasteiger partial charge in [-0.15, -0.1) is 0 Å². The Bertz CT molecular complexity index is 1480. The number of H-pyrrole nitrogens is 1. The molecule has 1 fully saturated rings. The van der Waals surface area contributed by atoms with Gasteiger partial charge < -0.3 is 9.55 Å². The van der Waals surface area contributed by atoms with Crippen LogP contribution in [0.25, 0.3) is 11.0 Å². The molecule has 0 saturated carbocycles. The van der Waals surface area contributed by atoms with E-state index in [1.54, 1.807) is 6.92 Å². The Labute approximate surface area is 194 Å². The number of aromatic amines is 1. The maximum Gasteiger partial charge on any atom is 0.316 e. The second-order valence-corrected chi connectivity index (χ2v) is 9.72. The molecular weight excluding hydrogens is 462 g/mol. The molecular formula is C22H23N5O6S. The second kappa shape index (κ2) is 9.23. The summed E-state index contributed by atoms with van der Waals surface area (Å²) in [7, 11) is -3.59. The molecule has 2 amide bonds. The van der Waals surface area contributed by atoms with E-state index >= 15 is 0 Å². The van der Waals surface area contributed by atoms with E-state index in [-0.39, 0.29) is 16.0 Å². The standard InChI is InChI=1S/C22H23N5O6S/c1-2-27-18-10-7-15(13-17(18)23-21(30)22(27)31)20(29)25-24-19(28)14-5-8-16(9-6-14)34(32,33)26-11-3-4-12-26/h5-10,13H,2-4,11-12H2,1H3,(H,23,30)(H,24,28)(H,25,29). The van der Waals surface area contributed by atoms with Gasteiger partial charge in [-0.25, -0.2) is 8.42 Å². The minimum absolute atomic E-state index is 0.102. The van der Waals surface area contributed by atoms with Crippen molar-refractivity contribution >= 4 is 32.9 Å². The predicted octanol–water partition coefficient (Wildman–Crippen LogP) is 0.569. The third-order valence-electron chi connectivity index (χ3n) is 5.66. The molecule has 0 atom stereocenters. The first-order valence-electron chi connectivity index (χ1n) is 10.7. The van der Waals surface area contributed by atoms with E-state index in [9.17, 15) is 27.6 Å². The molecule has 2 aromatic carbocycles. The van der Waals surface area contributed by atoms with Crippen LogP contribution in [-0.4, -0.2) is 47.2 Å². The molecule has 3 N–H and O–H groups in total. The summed E-state index contributed by atoms with van der Waals surface area (Å²) in [6.45, 7) is 2.98. The summed E-state index contributed by atoms with van der Waals surface area (Å²) in [4.78, 5) is 51.2. The van der Waals surface area contributed by atoms with Crippen LogP contribution in [0, 0.1) is 0 Å². The van der Waals surface area contributed by atoms with E-state index in [1.807, 2.05) is 0 Å². The fraction of sp³-hybridized carbons (Fsp3) is 0.273. The molecule has 11 nitrogen and oxygen atoms in total. The van der Waals surface area contributed by atoms with Crippen LogP contribution in [0.1, 0.15) is 40.5 Å². The van der Waals surface area contributed by atoms with Gasteiger partial charge in [0.25, 0.3) is 11.8 Å². The first kappa shape index (κ1) is 23.4. The van der Waals surface area contributed by atoms with Crippen LogP contribution in [0.4, 0.5) is 0 Å². The van der Waals surface area contributed by atoms with Gasteiger partial charge in [-0.05, 0) is 62.2 Å². The van der Waals surface area contributed by atoms with Crippen LogP contribution in [-0.2, 0) is 16.6 Å². The molecule has 0 unspecified atom stereocenters. The summed E-state index contributed by atoms with van der Waals surface area (Å²) in [5.41, 5.74) is 4.17. The Morgan fingerprint density at radius 3 is 2.15 bits per heavy atom. The van der Waals surface area contributed by atoms with Gasteiger partial charge in [0.15, 0.2) is 0 Å². The van der Waals surface area contributed by atoms with E-state index in [0.717, 1.165) is 12.8 Å². The Balaban J connectivity index is 1.45. The zero-order valence-corrected chi connectivity index (χ0v) is 19.1. The number of nitrogens with zero attached hydrogens (tertiary/aromatic N) is 2. The number of nitrogens with one attached hydrogen (secondary N) is 3. The van der Waals surface area contributed by atoms with Crippen LogP contribution < -0.4 is 22.0 Å². The Morgan fingerprint density at radius 1 is 0.941 bits per heavy atom. The minimum Gasteiger partial charge on any atom is -0.316 e. The van der Waals surface area contributed by atoms with Gasteiger partial charge in [-0.3, -0.25) is 30.0 Å². The summed E-state index contributed by atoms with van der Waals surface area (Å²) in [5, 5.41) is 0. The molecule has 0 bridgehead atoms. The monoisotopic (exact) mass is 485 g/mol. The number of carbonyl (C=O) groups excluding carboxylic acids is 2. The summed E-state index contributed by atoms with van der Waals surface area (Å²) in [6, 6.07) is 9.86. The molecule has 1 aliphatic heterocycles. The summed E-state index contributed by atoms with van der Waals surface area (Å²) < 4.78 is 27.9. The van der Waals surface area contributed by atoms with Crippen molar-refractivity contribution in [1.82, 2.24) is 24.7 Å². The van der Waals surface area contributed by atoms with Crippen molar-refractivity contribution in [3.05, 3.63) is 74.3 Å². The van der Waals surface area contributed by atoms with Crippen molar-refractivity contribution in [2.75, 3.05) is 13.1 Å². The molecule has 34 heavy (non-hydrogen) atoms. The fourth-order valence-electron chi connectivity index (χ4n) is 3.85. The molecule has 1 saturated heterocycles. The van der Waals surface area contributed by atoms with Crippen molar-refractivity contribution < 1.29 is 18.0 Å². The average molecular weight is 486 g/mol. The zero-order valence-electron chi connectivity index (χ0n) is 18.3. The molecule has 0 aliphatic carbocycles. The average Bonchev–Trinajstić information content (AvgIpc) is 3.39. The molecule has 0 radical (unpaired) electrons. The molecule has 0 spiro atoms. The zero-order chi connectivity index (χ0) is 24.5. The SMILES string of the molecule is CCn1c(=O)c(=O)[nH]c2cc(C(=O)NNC(=O)c3ccc(S(=O)(=O)N4CCCC4)cc3)ccc21. The lowest BCUT2D eigenvalue weighted by Crippen LogP contribution is -2.41. The van der Waals surface area contributed by atoms with Crippen molar-refractivity contribution in [3.8, 4) is 0 Å². The number of benzene rings is 2. The fourth-order valence-corrected chi connectivity index (χ4v) is 5.37. The topological polar surface area (TPSA) is 150 Å². The number of aromatic nitrogens is 2. The number of hydrogen-bond donors (Lipinski definition) is 3. The number of aryl methyl sites for hydroxylation is 1. The van der Waals surface area contributed by atoms with E-state index < -0.39 is 33.0 Å². The number of fused-ring (bicyclic) bond motifs is 1. The minimum atomic E-state index is -3.59. The molecule has 1 aromatic heterocycles. The highest BCUT2D eigenvalue weighted by Crippen LogP contribution is 2.21. The molecule has 12 heteroatoms. The van der Waals surface area contributed by atoms with E-state index in [1.165, 1.54) is 51.3 Å². The first-order chi connectivity index (χ1) is 16.2. The Hall–Kier alpha value is -3.77. The highest BCUT2D eigenvalue weighted by atomic mass is 32.2. The summed E-state index contributed by atoms with van der Waals surface area (Å²) in [6.07, 6.45) is 1.65. The van der Waals surface area contributed by atoms with Crippen LogP contribution >= 0.6 is 0 Å². The van der Waals surface area contributed by atoms with Crippen molar-refractivity contribution in [2.45, 2.75) is 31.2 Å². The van der Waals surface area contributed by atoms with Gasteiger partial charge in [-0.2, -0.15) is 4.31 Å². The molecule has 178 valence electrons.